The molecule has 0 spiro atoms. The van der Waals surface area contributed by atoms with Gasteiger partial charge in [-0.3, -0.25) is 0 Å². The Bertz CT molecular complexity index is 457. The average Bonchev–Trinajstić information content (AvgIpc) is 2.61. The summed E-state index contributed by atoms with van der Waals surface area (Å²) >= 11 is 0. The van der Waals surface area contributed by atoms with Crippen molar-refractivity contribution in [2.24, 2.45) is 5.92 Å². The fourth-order valence-corrected chi connectivity index (χ4v) is 1.96. The van der Waals surface area contributed by atoms with E-state index in [1.54, 1.807) is 7.11 Å². The van der Waals surface area contributed by atoms with Crippen LogP contribution in [0.4, 0.5) is 0 Å². The number of H-pyrrole nitrogens is 1. The van der Waals surface area contributed by atoms with Gasteiger partial charge in [0, 0.05) is 11.6 Å². The molecule has 1 aromatic carbocycles. The van der Waals surface area contributed by atoms with Crippen LogP contribution in [0.2, 0.25) is 0 Å². The van der Waals surface area contributed by atoms with Gasteiger partial charge < -0.3 is 9.72 Å². The van der Waals surface area contributed by atoms with Gasteiger partial charge in [-0.25, -0.2) is 0 Å². The summed E-state index contributed by atoms with van der Waals surface area (Å²) in [4.78, 5) is 3.29. The second kappa shape index (κ2) is 3.97. The summed E-state index contributed by atoms with van der Waals surface area (Å²) in [5.41, 5.74) is 2.48. The van der Waals surface area contributed by atoms with E-state index in [1.165, 1.54) is 10.9 Å². The molecule has 2 rings (SSSR count). The monoisotopic (exact) mass is 203 g/mol. The van der Waals surface area contributed by atoms with Gasteiger partial charge in [-0.2, -0.15) is 0 Å². The van der Waals surface area contributed by atoms with Gasteiger partial charge in [0.05, 0.1) is 12.6 Å². The van der Waals surface area contributed by atoms with Gasteiger partial charge in [0.15, 0.2) is 0 Å². The van der Waals surface area contributed by atoms with Crippen LogP contribution in [0.25, 0.3) is 10.9 Å². The predicted octanol–water partition coefficient (Wildman–Crippen LogP) is 3.38. The maximum Gasteiger partial charge on any atom is 0.142 e. The molecule has 0 bridgehead atoms. The summed E-state index contributed by atoms with van der Waals surface area (Å²) in [6.07, 6.45) is 3.19. The number of aromatic amines is 1. The number of aromatic nitrogens is 1. The summed E-state index contributed by atoms with van der Waals surface area (Å²) in [7, 11) is 1.71. The van der Waals surface area contributed by atoms with Crippen molar-refractivity contribution in [1.29, 1.82) is 0 Å². The number of nitrogens with one attached hydrogen (secondary N) is 1. The van der Waals surface area contributed by atoms with Gasteiger partial charge in [0.25, 0.3) is 0 Å². The third-order valence-electron chi connectivity index (χ3n) is 2.61. The Morgan fingerprint density at radius 2 is 2.13 bits per heavy atom. The molecule has 2 nitrogen and oxygen atoms in total. The molecule has 0 aliphatic heterocycles. The molecule has 1 aromatic heterocycles. The van der Waals surface area contributed by atoms with Crippen molar-refractivity contribution < 1.29 is 4.74 Å². The van der Waals surface area contributed by atoms with E-state index in [9.17, 15) is 0 Å². The third kappa shape index (κ3) is 1.84. The zero-order chi connectivity index (χ0) is 10.8. The quantitative estimate of drug-likeness (QED) is 0.812. The van der Waals surface area contributed by atoms with Crippen LogP contribution >= 0.6 is 0 Å². The fourth-order valence-electron chi connectivity index (χ4n) is 1.96. The summed E-state index contributed by atoms with van der Waals surface area (Å²) in [6, 6.07) is 6.17. The first-order valence-corrected chi connectivity index (χ1v) is 5.35. The number of hydrogen-bond acceptors (Lipinski definition) is 1. The minimum Gasteiger partial charge on any atom is -0.495 e. The second-order valence-corrected chi connectivity index (χ2v) is 4.29. The smallest absolute Gasteiger partial charge is 0.142 e. The van der Waals surface area contributed by atoms with Crippen molar-refractivity contribution in [3.05, 3.63) is 30.0 Å². The lowest BCUT2D eigenvalue weighted by Gasteiger charge is -2.04. The van der Waals surface area contributed by atoms with Crippen LogP contribution in [0.5, 0.6) is 5.75 Å². The highest BCUT2D eigenvalue weighted by Gasteiger charge is 2.08. The Morgan fingerprint density at radius 1 is 1.33 bits per heavy atom. The molecule has 1 N–H and O–H groups in total. The first-order valence-electron chi connectivity index (χ1n) is 5.35. The topological polar surface area (TPSA) is 25.0 Å². The maximum absolute atomic E-state index is 5.31. The van der Waals surface area contributed by atoms with Gasteiger partial charge in [0.1, 0.15) is 5.75 Å². The molecular weight excluding hydrogens is 186 g/mol. The molecule has 0 radical (unpaired) electrons. The van der Waals surface area contributed by atoms with Crippen LogP contribution in [0.3, 0.4) is 0 Å². The van der Waals surface area contributed by atoms with E-state index < -0.39 is 0 Å². The van der Waals surface area contributed by atoms with E-state index in [4.69, 9.17) is 4.74 Å². The number of hydrogen-bond donors (Lipinski definition) is 1. The Kier molecular flexibility index (Phi) is 2.67. The highest BCUT2D eigenvalue weighted by Crippen LogP contribution is 2.28. The largest absolute Gasteiger partial charge is 0.495 e. The molecular formula is C13H17NO. The number of fused-ring (bicyclic) bond motifs is 1. The van der Waals surface area contributed by atoms with E-state index in [-0.39, 0.29) is 0 Å². The van der Waals surface area contributed by atoms with E-state index >= 15 is 0 Å². The van der Waals surface area contributed by atoms with Crippen molar-refractivity contribution in [2.45, 2.75) is 20.3 Å². The molecule has 0 fully saturated rings. The van der Waals surface area contributed by atoms with Crippen molar-refractivity contribution in [1.82, 2.24) is 4.98 Å². The van der Waals surface area contributed by atoms with Crippen LogP contribution in [-0.4, -0.2) is 12.1 Å². The lowest BCUT2D eigenvalue weighted by atomic mass is 10.0. The lowest BCUT2D eigenvalue weighted by Crippen LogP contribution is -1.92. The van der Waals surface area contributed by atoms with E-state index in [0.29, 0.717) is 5.92 Å². The van der Waals surface area contributed by atoms with Gasteiger partial charge in [-0.05, 0) is 24.0 Å². The highest BCUT2D eigenvalue weighted by atomic mass is 16.5. The first kappa shape index (κ1) is 10.1. The molecule has 1 heterocycles. The standard InChI is InChI=1S/C13H17NO/c1-9(2)7-10-8-14-13-11(10)5-4-6-12(13)15-3/h4-6,8-9,14H,7H2,1-3H3. The highest BCUT2D eigenvalue weighted by molar-refractivity contribution is 5.88. The number of ether oxygens (including phenoxy) is 1. The van der Waals surface area contributed by atoms with Crippen molar-refractivity contribution >= 4 is 10.9 Å². The zero-order valence-electron chi connectivity index (χ0n) is 9.50. The maximum atomic E-state index is 5.31. The van der Waals surface area contributed by atoms with Gasteiger partial charge in [-0.1, -0.05) is 26.0 Å². The summed E-state index contributed by atoms with van der Waals surface area (Å²) in [5.74, 6) is 1.60. The van der Waals surface area contributed by atoms with Crippen LogP contribution < -0.4 is 4.74 Å². The third-order valence-corrected chi connectivity index (χ3v) is 2.61. The minimum absolute atomic E-state index is 0.676. The second-order valence-electron chi connectivity index (χ2n) is 4.29. The molecule has 2 heteroatoms. The fraction of sp³-hybridized carbons (Fsp3) is 0.385. The average molecular weight is 203 g/mol. The molecule has 0 amide bonds. The van der Waals surface area contributed by atoms with E-state index in [0.717, 1.165) is 17.7 Å². The van der Waals surface area contributed by atoms with Crippen molar-refractivity contribution in [2.75, 3.05) is 7.11 Å². The summed E-state index contributed by atoms with van der Waals surface area (Å²) < 4.78 is 5.31. The summed E-state index contributed by atoms with van der Waals surface area (Å²) in [5, 5.41) is 1.28. The van der Waals surface area contributed by atoms with Crippen LogP contribution in [-0.2, 0) is 6.42 Å². The first-order chi connectivity index (χ1) is 7.22. The van der Waals surface area contributed by atoms with Crippen LogP contribution in [0.15, 0.2) is 24.4 Å². The Balaban J connectivity index is 2.51. The van der Waals surface area contributed by atoms with Gasteiger partial charge in [-0.15, -0.1) is 0 Å². The van der Waals surface area contributed by atoms with Gasteiger partial charge >= 0.3 is 0 Å². The number of para-hydroxylation sites is 1. The Hall–Kier alpha value is -1.44. The SMILES string of the molecule is COc1cccc2c(CC(C)C)c[nH]c12. The lowest BCUT2D eigenvalue weighted by molar-refractivity contribution is 0.419. The molecule has 0 saturated heterocycles. The molecule has 0 saturated carbocycles. The number of rotatable bonds is 3. The molecule has 0 unspecified atom stereocenters. The normalized spacial score (nSPS) is 11.2. The van der Waals surface area contributed by atoms with Crippen LogP contribution in [0.1, 0.15) is 19.4 Å². The zero-order valence-corrected chi connectivity index (χ0v) is 9.50. The van der Waals surface area contributed by atoms with E-state index in [1.807, 2.05) is 12.1 Å². The van der Waals surface area contributed by atoms with Crippen molar-refractivity contribution in [3.63, 3.8) is 0 Å². The van der Waals surface area contributed by atoms with Gasteiger partial charge in [0.2, 0.25) is 0 Å². The number of benzene rings is 1. The predicted molar refractivity (Wildman–Crippen MR) is 63.4 cm³/mol. The molecule has 0 aliphatic carbocycles. The van der Waals surface area contributed by atoms with Crippen molar-refractivity contribution in [3.8, 4) is 5.75 Å². The Morgan fingerprint density at radius 3 is 2.80 bits per heavy atom. The molecule has 15 heavy (non-hydrogen) atoms. The number of methoxy groups -OCH3 is 1. The minimum atomic E-state index is 0.676. The van der Waals surface area contributed by atoms with E-state index in [2.05, 4.69) is 31.1 Å². The molecule has 80 valence electrons. The Labute approximate surface area is 90.3 Å². The molecule has 0 aliphatic rings. The summed E-state index contributed by atoms with van der Waals surface area (Å²) in [6.45, 7) is 4.47. The molecule has 0 atom stereocenters. The molecule has 2 aromatic rings. The van der Waals surface area contributed by atoms with Crippen LogP contribution in [0, 0.1) is 5.92 Å².